The number of hydrogen-bond acceptors (Lipinski definition) is 4. The number of aromatic amines is 1. The van der Waals surface area contributed by atoms with E-state index in [0.29, 0.717) is 17.5 Å². The van der Waals surface area contributed by atoms with Crippen molar-refractivity contribution in [3.05, 3.63) is 102 Å². The van der Waals surface area contributed by atoms with E-state index in [1.807, 2.05) is 37.3 Å². The zero-order valence-corrected chi connectivity index (χ0v) is 23.7. The number of likely N-dealkylation sites (tertiary alicyclic amines) is 1. The molecule has 0 amide bonds. The van der Waals surface area contributed by atoms with Crippen LogP contribution in [0.25, 0.3) is 11.3 Å². The molecule has 4 aromatic rings. The number of hydrogen-bond donors (Lipinski definition) is 1. The van der Waals surface area contributed by atoms with Crippen LogP contribution in [0.2, 0.25) is 0 Å². The van der Waals surface area contributed by atoms with Crippen molar-refractivity contribution >= 4 is 15.7 Å². The fraction of sp³-hybridized carbons (Fsp3) is 0.312. The summed E-state index contributed by atoms with van der Waals surface area (Å²) in [6.45, 7) is 3.76. The van der Waals surface area contributed by atoms with Crippen molar-refractivity contribution in [1.29, 1.82) is 0 Å². The maximum Gasteiger partial charge on any atom is 0.264 e. The van der Waals surface area contributed by atoms with Crippen molar-refractivity contribution in [2.45, 2.75) is 50.1 Å². The van der Waals surface area contributed by atoms with E-state index in [1.54, 1.807) is 32.4 Å². The van der Waals surface area contributed by atoms with Gasteiger partial charge >= 0.3 is 0 Å². The van der Waals surface area contributed by atoms with E-state index in [9.17, 15) is 8.42 Å². The zero-order valence-electron chi connectivity index (χ0n) is 22.9. The quantitative estimate of drug-likeness (QED) is 0.261. The molecule has 39 heavy (non-hydrogen) atoms. The molecule has 0 saturated carbocycles. The Morgan fingerprint density at radius 1 is 0.949 bits per heavy atom. The molecule has 1 saturated heterocycles. The summed E-state index contributed by atoms with van der Waals surface area (Å²) in [4.78, 5) is 6.34. The zero-order chi connectivity index (χ0) is 27.4. The van der Waals surface area contributed by atoms with Crippen molar-refractivity contribution in [2.75, 3.05) is 25.0 Å². The highest BCUT2D eigenvalue weighted by atomic mass is 32.2. The first kappa shape index (κ1) is 27.0. The molecule has 0 unspecified atom stereocenters. The Kier molecular flexibility index (Phi) is 8.10. The van der Waals surface area contributed by atoms with Crippen molar-refractivity contribution in [1.82, 2.24) is 9.88 Å². The van der Waals surface area contributed by atoms with Gasteiger partial charge in [0.05, 0.1) is 17.7 Å². The number of ether oxygens (including phenoxy) is 1. The van der Waals surface area contributed by atoms with Crippen molar-refractivity contribution in [2.24, 2.45) is 0 Å². The summed E-state index contributed by atoms with van der Waals surface area (Å²) in [7, 11) is -0.567. The number of para-hydroxylation sites is 1. The average Bonchev–Trinajstić information content (AvgIpc) is 3.30. The van der Waals surface area contributed by atoms with Gasteiger partial charge in [-0.25, -0.2) is 8.42 Å². The number of H-pyrrole nitrogens is 1. The summed E-state index contributed by atoms with van der Waals surface area (Å²) in [5.41, 5.74) is 5.57. The number of methoxy groups -OCH3 is 1. The fourth-order valence-electron chi connectivity index (χ4n) is 5.58. The van der Waals surface area contributed by atoms with Gasteiger partial charge in [0.1, 0.15) is 5.75 Å². The minimum Gasteiger partial charge on any atom is -0.496 e. The lowest BCUT2D eigenvalue weighted by Gasteiger charge is -2.30. The van der Waals surface area contributed by atoms with Gasteiger partial charge in [-0.2, -0.15) is 0 Å². The van der Waals surface area contributed by atoms with Gasteiger partial charge in [-0.15, -0.1) is 0 Å². The number of aryl methyl sites for hydroxylation is 1. The Morgan fingerprint density at radius 2 is 1.72 bits per heavy atom. The highest BCUT2D eigenvalue weighted by Gasteiger charge is 2.25. The molecule has 0 bridgehead atoms. The Labute approximate surface area is 232 Å². The smallest absolute Gasteiger partial charge is 0.264 e. The number of anilines is 1. The molecule has 0 radical (unpaired) electrons. The van der Waals surface area contributed by atoms with Crippen LogP contribution < -0.4 is 9.04 Å². The maximum atomic E-state index is 13.6. The molecule has 1 aliphatic rings. The molecular formula is C32H37N3O3S. The summed E-state index contributed by atoms with van der Waals surface area (Å²) in [6, 6.07) is 27.8. The summed E-state index contributed by atoms with van der Waals surface area (Å²) in [5.74, 6) is 0.623. The van der Waals surface area contributed by atoms with E-state index < -0.39 is 10.0 Å². The number of nitrogens with one attached hydrogen (secondary N) is 1. The normalized spacial score (nSPS) is 16.5. The maximum absolute atomic E-state index is 13.6. The summed E-state index contributed by atoms with van der Waals surface area (Å²) in [5, 5.41) is 0. The second-order valence-corrected chi connectivity index (χ2v) is 12.2. The monoisotopic (exact) mass is 543 g/mol. The second-order valence-electron chi connectivity index (χ2n) is 10.3. The lowest BCUT2D eigenvalue weighted by atomic mass is 10.0. The van der Waals surface area contributed by atoms with Gasteiger partial charge in [0.15, 0.2) is 0 Å². The molecule has 204 valence electrons. The van der Waals surface area contributed by atoms with E-state index in [0.717, 1.165) is 42.0 Å². The van der Waals surface area contributed by atoms with E-state index >= 15 is 0 Å². The minimum atomic E-state index is -3.77. The van der Waals surface area contributed by atoms with Gasteiger partial charge in [0.2, 0.25) is 0 Å². The number of benzene rings is 3. The number of rotatable bonds is 8. The van der Waals surface area contributed by atoms with Crippen molar-refractivity contribution in [3.8, 4) is 17.0 Å². The fourth-order valence-corrected chi connectivity index (χ4v) is 6.87. The van der Waals surface area contributed by atoms with E-state index in [-0.39, 0.29) is 4.90 Å². The number of sulfonamides is 1. The molecule has 2 heterocycles. The molecule has 7 heteroatoms. The van der Waals surface area contributed by atoms with Gasteiger partial charge in [0.25, 0.3) is 10.0 Å². The van der Waals surface area contributed by atoms with Gasteiger partial charge in [-0.05, 0) is 73.8 Å². The number of nitrogens with zero attached hydrogens (tertiary/aromatic N) is 2. The average molecular weight is 544 g/mol. The molecule has 0 spiro atoms. The first-order chi connectivity index (χ1) is 18.9. The molecule has 1 fully saturated rings. The lowest BCUT2D eigenvalue weighted by molar-refractivity contribution is 0.190. The summed E-state index contributed by atoms with van der Waals surface area (Å²) in [6.07, 6.45) is 4.84. The van der Waals surface area contributed by atoms with Crippen LogP contribution in [0.4, 0.5) is 5.69 Å². The van der Waals surface area contributed by atoms with Gasteiger partial charge in [-0.3, -0.25) is 9.21 Å². The Balaban J connectivity index is 1.43. The van der Waals surface area contributed by atoms with Crippen molar-refractivity contribution in [3.63, 3.8) is 0 Å². The van der Waals surface area contributed by atoms with Gasteiger partial charge in [0, 0.05) is 36.6 Å². The molecule has 1 aliphatic heterocycles. The third kappa shape index (κ3) is 5.75. The molecule has 3 aromatic carbocycles. The molecule has 1 N–H and O–H groups in total. The summed E-state index contributed by atoms with van der Waals surface area (Å²) >= 11 is 0. The highest BCUT2D eigenvalue weighted by molar-refractivity contribution is 7.92. The Morgan fingerprint density at radius 3 is 2.49 bits per heavy atom. The van der Waals surface area contributed by atoms with Crippen LogP contribution in [0.1, 0.15) is 48.5 Å². The van der Waals surface area contributed by atoms with Crippen LogP contribution in [-0.2, 0) is 16.6 Å². The van der Waals surface area contributed by atoms with Crippen LogP contribution in [-0.4, -0.2) is 39.0 Å². The molecule has 6 nitrogen and oxygen atoms in total. The van der Waals surface area contributed by atoms with Crippen LogP contribution in [0.3, 0.4) is 0 Å². The van der Waals surface area contributed by atoms with Crippen LogP contribution in [0, 0.1) is 6.92 Å². The molecule has 1 atom stereocenters. The predicted molar refractivity (Wildman–Crippen MR) is 158 cm³/mol. The van der Waals surface area contributed by atoms with Crippen LogP contribution in [0.5, 0.6) is 5.75 Å². The van der Waals surface area contributed by atoms with Crippen LogP contribution >= 0.6 is 0 Å². The lowest BCUT2D eigenvalue weighted by Crippen LogP contribution is -2.28. The summed E-state index contributed by atoms with van der Waals surface area (Å²) < 4.78 is 34.2. The van der Waals surface area contributed by atoms with Crippen molar-refractivity contribution < 1.29 is 13.2 Å². The minimum absolute atomic E-state index is 0.219. The van der Waals surface area contributed by atoms with Gasteiger partial charge < -0.3 is 9.72 Å². The molecule has 5 rings (SSSR count). The second kappa shape index (κ2) is 11.7. The van der Waals surface area contributed by atoms with E-state index in [4.69, 9.17) is 4.74 Å². The van der Waals surface area contributed by atoms with Gasteiger partial charge in [-0.1, -0.05) is 61.4 Å². The topological polar surface area (TPSA) is 65.6 Å². The first-order valence-corrected chi connectivity index (χ1v) is 15.0. The molecule has 0 aliphatic carbocycles. The number of aromatic nitrogens is 1. The van der Waals surface area contributed by atoms with Crippen LogP contribution in [0.15, 0.2) is 89.8 Å². The standard InChI is InChI=1S/C32H37N3O3S/c1-24-12-9-10-15-30(24)34(2)39(36,37)27-18-20-32(38-3)28(22-27)29-19-17-26(33-29)23-35-21-11-5-8-16-31(35)25-13-6-4-7-14-25/h4,6-7,9-10,12-15,17-20,22,31,33H,5,8,11,16,21,23H2,1-3H3/t31-/m1/s1. The highest BCUT2D eigenvalue weighted by Crippen LogP contribution is 2.35. The predicted octanol–water partition coefficient (Wildman–Crippen LogP) is 6.94. The molecule has 1 aromatic heterocycles. The van der Waals surface area contributed by atoms with E-state index in [2.05, 4.69) is 46.3 Å². The third-order valence-corrected chi connectivity index (χ3v) is 9.51. The largest absolute Gasteiger partial charge is 0.496 e. The molecular weight excluding hydrogens is 506 g/mol. The first-order valence-electron chi connectivity index (χ1n) is 13.6. The third-order valence-electron chi connectivity index (χ3n) is 7.74. The SMILES string of the molecule is COc1ccc(S(=O)(=O)N(C)c2ccccc2C)cc1-c1ccc(CN2CCCCC[C@@H]2c2ccccc2)[nH]1. The Hall–Kier alpha value is -3.55. The Bertz CT molecular complexity index is 1510. The van der Waals surface area contributed by atoms with E-state index in [1.165, 1.54) is 29.1 Å².